The van der Waals surface area contributed by atoms with Crippen LogP contribution in [0.2, 0.25) is 0 Å². The van der Waals surface area contributed by atoms with Gasteiger partial charge in [-0.3, -0.25) is 4.79 Å². The molecule has 0 bridgehead atoms. The topological polar surface area (TPSA) is 88.8 Å². The number of aromatic carboxylic acids is 1. The lowest BCUT2D eigenvalue weighted by Gasteiger charge is -2.32. The lowest BCUT2D eigenvalue weighted by Crippen LogP contribution is -2.46. The van der Waals surface area contributed by atoms with Crippen molar-refractivity contribution < 1.29 is 23.8 Å². The van der Waals surface area contributed by atoms with Crippen LogP contribution in [0.1, 0.15) is 52.2 Å². The Kier molecular flexibility index (Phi) is 5.50. The average Bonchev–Trinajstić information content (AvgIpc) is 3.12. The molecule has 1 aliphatic carbocycles. The van der Waals surface area contributed by atoms with Gasteiger partial charge in [0.2, 0.25) is 0 Å². The van der Waals surface area contributed by atoms with E-state index in [9.17, 15) is 9.59 Å². The largest absolute Gasteiger partial charge is 0.478 e. The lowest BCUT2D eigenvalue weighted by atomic mass is 9.92. The molecule has 3 rings (SSSR count). The minimum Gasteiger partial charge on any atom is -0.478 e. The van der Waals surface area contributed by atoms with Gasteiger partial charge in [-0.1, -0.05) is 43.2 Å². The van der Waals surface area contributed by atoms with Crippen LogP contribution in [0, 0.1) is 0 Å². The zero-order chi connectivity index (χ0) is 17.6. The third-order valence-corrected chi connectivity index (χ3v) is 4.40. The molecule has 2 N–H and O–H groups in total. The van der Waals surface area contributed by atoms with Crippen molar-refractivity contribution in [2.75, 3.05) is 0 Å². The van der Waals surface area contributed by atoms with E-state index < -0.39 is 11.9 Å². The van der Waals surface area contributed by atoms with Crippen LogP contribution >= 0.6 is 0 Å². The van der Waals surface area contributed by atoms with Crippen molar-refractivity contribution in [3.63, 3.8) is 0 Å². The van der Waals surface area contributed by atoms with E-state index in [2.05, 4.69) is 5.32 Å². The number of benzene rings is 1. The Morgan fingerprint density at radius 3 is 2.68 bits per heavy atom. The van der Waals surface area contributed by atoms with Gasteiger partial charge in [0, 0.05) is 6.07 Å². The summed E-state index contributed by atoms with van der Waals surface area (Å²) in [6.45, 7) is 0.502. The van der Waals surface area contributed by atoms with E-state index >= 15 is 0 Å². The van der Waals surface area contributed by atoms with Gasteiger partial charge in [-0.15, -0.1) is 0 Å². The second-order valence-electron chi connectivity index (χ2n) is 6.20. The quantitative estimate of drug-likeness (QED) is 0.840. The smallest absolute Gasteiger partial charge is 0.338 e. The molecule has 132 valence electrons. The van der Waals surface area contributed by atoms with Crippen molar-refractivity contribution in [1.82, 2.24) is 5.32 Å². The summed E-state index contributed by atoms with van der Waals surface area (Å²) in [5.74, 6) is -1.53. The summed E-state index contributed by atoms with van der Waals surface area (Å²) in [6.07, 6.45) is 4.81. The maximum atomic E-state index is 12.3. The summed E-state index contributed by atoms with van der Waals surface area (Å²) in [6, 6.07) is 11.0. The van der Waals surface area contributed by atoms with Crippen LogP contribution in [0.3, 0.4) is 0 Å². The second kappa shape index (κ2) is 7.98. The SMILES string of the molecule is O=C(O)c1coc(C(=O)N[C@@H]2CCCC[C@H]2OCc2ccccc2)c1. The molecule has 1 aliphatic rings. The van der Waals surface area contributed by atoms with Crippen molar-refractivity contribution in [1.29, 1.82) is 0 Å². The van der Waals surface area contributed by atoms with Gasteiger partial charge >= 0.3 is 5.97 Å². The fourth-order valence-corrected chi connectivity index (χ4v) is 3.05. The summed E-state index contributed by atoms with van der Waals surface area (Å²) in [4.78, 5) is 23.2. The Balaban J connectivity index is 1.60. The molecule has 1 amide bonds. The zero-order valence-corrected chi connectivity index (χ0v) is 13.8. The van der Waals surface area contributed by atoms with E-state index in [-0.39, 0.29) is 23.5 Å². The maximum absolute atomic E-state index is 12.3. The van der Waals surface area contributed by atoms with Crippen LogP contribution in [0.5, 0.6) is 0 Å². The number of hydrogen-bond acceptors (Lipinski definition) is 4. The molecule has 1 aromatic carbocycles. The van der Waals surface area contributed by atoms with Gasteiger partial charge in [0.15, 0.2) is 5.76 Å². The van der Waals surface area contributed by atoms with Gasteiger partial charge < -0.3 is 19.6 Å². The number of hydrogen-bond donors (Lipinski definition) is 2. The standard InChI is InChI=1S/C19H21NO5/c21-18(17-10-14(12-25-17)19(22)23)20-15-8-4-5-9-16(15)24-11-13-6-2-1-3-7-13/h1-3,6-7,10,12,15-16H,4-5,8-9,11H2,(H,20,21)(H,22,23)/t15-,16-/m1/s1. The Morgan fingerprint density at radius 2 is 1.96 bits per heavy atom. The molecular weight excluding hydrogens is 322 g/mol. The van der Waals surface area contributed by atoms with Gasteiger partial charge in [-0.25, -0.2) is 4.79 Å². The molecule has 0 saturated heterocycles. The molecule has 0 radical (unpaired) electrons. The van der Waals surface area contributed by atoms with E-state index in [0.717, 1.165) is 37.5 Å². The fourth-order valence-electron chi connectivity index (χ4n) is 3.05. The molecule has 6 nitrogen and oxygen atoms in total. The van der Waals surface area contributed by atoms with Crippen LogP contribution in [-0.2, 0) is 11.3 Å². The molecule has 0 spiro atoms. The molecule has 1 aromatic heterocycles. The number of ether oxygens (including phenoxy) is 1. The number of furan rings is 1. The van der Waals surface area contributed by atoms with E-state index in [4.69, 9.17) is 14.3 Å². The van der Waals surface area contributed by atoms with Gasteiger partial charge in [0.1, 0.15) is 6.26 Å². The molecule has 0 aliphatic heterocycles. The Labute approximate surface area is 145 Å². The van der Waals surface area contributed by atoms with Crippen molar-refractivity contribution in [2.45, 2.75) is 44.4 Å². The molecule has 0 unspecified atom stereocenters. The van der Waals surface area contributed by atoms with E-state index in [1.165, 1.54) is 6.07 Å². The van der Waals surface area contributed by atoms with E-state index in [1.54, 1.807) is 0 Å². The number of rotatable bonds is 6. The molecule has 1 saturated carbocycles. The molecule has 25 heavy (non-hydrogen) atoms. The van der Waals surface area contributed by atoms with E-state index in [1.807, 2.05) is 30.3 Å². The highest BCUT2D eigenvalue weighted by molar-refractivity contribution is 5.95. The van der Waals surface area contributed by atoms with Gasteiger partial charge in [-0.05, 0) is 18.4 Å². The van der Waals surface area contributed by atoms with Crippen molar-refractivity contribution in [3.05, 3.63) is 59.5 Å². The van der Waals surface area contributed by atoms with Crippen LogP contribution in [0.4, 0.5) is 0 Å². The zero-order valence-electron chi connectivity index (χ0n) is 13.8. The summed E-state index contributed by atoms with van der Waals surface area (Å²) in [7, 11) is 0. The highest BCUT2D eigenvalue weighted by Gasteiger charge is 2.28. The lowest BCUT2D eigenvalue weighted by molar-refractivity contribution is -0.00486. The van der Waals surface area contributed by atoms with Crippen molar-refractivity contribution >= 4 is 11.9 Å². The summed E-state index contributed by atoms with van der Waals surface area (Å²) >= 11 is 0. The molecule has 6 heteroatoms. The maximum Gasteiger partial charge on any atom is 0.338 e. The fraction of sp³-hybridized carbons (Fsp3) is 0.368. The Bertz CT molecular complexity index is 724. The number of carbonyl (C=O) groups is 2. The first-order valence-corrected chi connectivity index (χ1v) is 8.41. The Morgan fingerprint density at radius 1 is 1.20 bits per heavy atom. The van der Waals surface area contributed by atoms with Crippen molar-refractivity contribution in [2.24, 2.45) is 0 Å². The summed E-state index contributed by atoms with van der Waals surface area (Å²) in [5.41, 5.74) is 1.06. The first-order chi connectivity index (χ1) is 12.1. The number of amides is 1. The third-order valence-electron chi connectivity index (χ3n) is 4.40. The minimum absolute atomic E-state index is 0.00443. The van der Waals surface area contributed by atoms with Crippen LogP contribution < -0.4 is 5.32 Å². The third kappa shape index (κ3) is 4.48. The highest BCUT2D eigenvalue weighted by atomic mass is 16.5. The van der Waals surface area contributed by atoms with Crippen LogP contribution in [-0.4, -0.2) is 29.1 Å². The molecule has 2 aromatic rings. The van der Waals surface area contributed by atoms with Crippen molar-refractivity contribution in [3.8, 4) is 0 Å². The predicted molar refractivity (Wildman–Crippen MR) is 90.4 cm³/mol. The number of nitrogens with one attached hydrogen (secondary N) is 1. The average molecular weight is 343 g/mol. The van der Waals surface area contributed by atoms with Crippen LogP contribution in [0.25, 0.3) is 0 Å². The number of carbonyl (C=O) groups excluding carboxylic acids is 1. The van der Waals surface area contributed by atoms with Gasteiger partial charge in [-0.2, -0.15) is 0 Å². The predicted octanol–water partition coefficient (Wildman–Crippen LogP) is 3.24. The summed E-state index contributed by atoms with van der Waals surface area (Å²) < 4.78 is 11.1. The first kappa shape index (κ1) is 17.2. The second-order valence-corrected chi connectivity index (χ2v) is 6.20. The van der Waals surface area contributed by atoms with Gasteiger partial charge in [0.05, 0.1) is 24.3 Å². The molecule has 1 heterocycles. The Hall–Kier alpha value is -2.60. The molecule has 1 fully saturated rings. The molecular formula is C19H21NO5. The highest BCUT2D eigenvalue weighted by Crippen LogP contribution is 2.23. The summed E-state index contributed by atoms with van der Waals surface area (Å²) in [5, 5.41) is 11.8. The van der Waals surface area contributed by atoms with Crippen LogP contribution in [0.15, 0.2) is 47.1 Å². The minimum atomic E-state index is -1.12. The molecule has 2 atom stereocenters. The normalized spacial score (nSPS) is 20.2. The van der Waals surface area contributed by atoms with Gasteiger partial charge in [0.25, 0.3) is 5.91 Å². The number of carboxylic acids is 1. The van der Waals surface area contributed by atoms with E-state index in [0.29, 0.717) is 6.61 Å². The first-order valence-electron chi connectivity index (χ1n) is 8.41. The number of carboxylic acid groups (broad SMARTS) is 1. The monoisotopic (exact) mass is 343 g/mol.